The van der Waals surface area contributed by atoms with Crippen LogP contribution in [0.3, 0.4) is 0 Å². The Kier molecular flexibility index (Phi) is 3.23. The Morgan fingerprint density at radius 2 is 2.33 bits per heavy atom. The zero-order valence-corrected chi connectivity index (χ0v) is 9.92. The van der Waals surface area contributed by atoms with Crippen molar-refractivity contribution >= 4 is 11.3 Å². The molecule has 2 aromatic heterocycles. The van der Waals surface area contributed by atoms with Gasteiger partial charge in [-0.2, -0.15) is 0 Å². The lowest BCUT2D eigenvalue weighted by atomic mass is 10.2. The molecule has 0 aliphatic heterocycles. The van der Waals surface area contributed by atoms with Gasteiger partial charge in [0.15, 0.2) is 0 Å². The van der Waals surface area contributed by atoms with Crippen LogP contribution in [0.5, 0.6) is 0 Å². The summed E-state index contributed by atoms with van der Waals surface area (Å²) in [4.78, 5) is 1.40. The summed E-state index contributed by atoms with van der Waals surface area (Å²) >= 11 is 1.80. The monoisotopic (exact) mass is 220 g/mol. The molecule has 0 amide bonds. The van der Waals surface area contributed by atoms with Gasteiger partial charge in [0.25, 0.3) is 0 Å². The quantitative estimate of drug-likeness (QED) is 0.838. The van der Waals surface area contributed by atoms with E-state index in [1.54, 1.807) is 11.3 Å². The van der Waals surface area contributed by atoms with E-state index in [-0.39, 0.29) is 0 Å². The minimum absolute atomic E-state index is 0.426. The van der Waals surface area contributed by atoms with Crippen molar-refractivity contribution < 1.29 is 0 Å². The van der Waals surface area contributed by atoms with E-state index >= 15 is 0 Å². The molecule has 1 unspecified atom stereocenters. The molecule has 0 aliphatic carbocycles. The summed E-state index contributed by atoms with van der Waals surface area (Å²) in [6.45, 7) is 3.15. The average Bonchev–Trinajstić information content (AvgIpc) is 2.88. The summed E-state index contributed by atoms with van der Waals surface area (Å²) in [6, 6.07) is 6.87. The average molecular weight is 220 g/mol. The molecular formula is C12H16N2S. The van der Waals surface area contributed by atoms with Crippen molar-refractivity contribution in [1.29, 1.82) is 0 Å². The first-order valence-corrected chi connectivity index (χ1v) is 6.03. The van der Waals surface area contributed by atoms with Crippen LogP contribution in [-0.4, -0.2) is 11.6 Å². The number of nitrogens with zero attached hydrogens (tertiary/aromatic N) is 1. The second kappa shape index (κ2) is 4.64. The van der Waals surface area contributed by atoms with E-state index in [9.17, 15) is 0 Å². The summed E-state index contributed by atoms with van der Waals surface area (Å²) in [5.74, 6) is 0. The topological polar surface area (TPSA) is 17.0 Å². The van der Waals surface area contributed by atoms with E-state index in [4.69, 9.17) is 0 Å². The first-order valence-electron chi connectivity index (χ1n) is 5.15. The predicted molar refractivity (Wildman–Crippen MR) is 65.3 cm³/mol. The smallest absolute Gasteiger partial charge is 0.0563 e. The molecule has 0 spiro atoms. The van der Waals surface area contributed by atoms with Gasteiger partial charge in [0.1, 0.15) is 0 Å². The number of hydrogen-bond donors (Lipinski definition) is 1. The Hall–Kier alpha value is -1.06. The number of thiophene rings is 1. The fourth-order valence-electron chi connectivity index (χ4n) is 1.56. The lowest BCUT2D eigenvalue weighted by molar-refractivity contribution is 0.649. The van der Waals surface area contributed by atoms with Crippen molar-refractivity contribution in [3.8, 4) is 0 Å². The normalized spacial score (nSPS) is 12.9. The van der Waals surface area contributed by atoms with Crippen molar-refractivity contribution in [2.45, 2.75) is 19.5 Å². The molecule has 2 aromatic rings. The zero-order chi connectivity index (χ0) is 10.7. The van der Waals surface area contributed by atoms with Gasteiger partial charge in [-0.15, -0.1) is 11.3 Å². The Labute approximate surface area is 94.6 Å². The van der Waals surface area contributed by atoms with E-state index in [0.29, 0.717) is 6.04 Å². The van der Waals surface area contributed by atoms with Crippen LogP contribution in [0.2, 0.25) is 0 Å². The first-order chi connectivity index (χ1) is 7.29. The maximum Gasteiger partial charge on any atom is 0.0563 e. The largest absolute Gasteiger partial charge is 0.349 e. The summed E-state index contributed by atoms with van der Waals surface area (Å²) in [5, 5.41) is 5.36. The van der Waals surface area contributed by atoms with Gasteiger partial charge in [0, 0.05) is 23.3 Å². The number of rotatable bonds is 4. The first kappa shape index (κ1) is 10.5. The molecule has 80 valence electrons. The highest BCUT2D eigenvalue weighted by atomic mass is 32.1. The molecule has 3 heteroatoms. The zero-order valence-electron chi connectivity index (χ0n) is 9.10. The molecule has 2 nitrogen and oxygen atoms in total. The van der Waals surface area contributed by atoms with Gasteiger partial charge in [-0.1, -0.05) is 6.07 Å². The highest BCUT2D eigenvalue weighted by molar-refractivity contribution is 7.09. The van der Waals surface area contributed by atoms with Gasteiger partial charge in [-0.25, -0.2) is 0 Å². The van der Waals surface area contributed by atoms with Crippen LogP contribution in [-0.2, 0) is 6.54 Å². The molecule has 15 heavy (non-hydrogen) atoms. The maximum absolute atomic E-state index is 3.24. The molecule has 0 aliphatic rings. The fourth-order valence-corrected chi connectivity index (χ4v) is 2.28. The van der Waals surface area contributed by atoms with Crippen LogP contribution in [0.4, 0.5) is 0 Å². The summed E-state index contributed by atoms with van der Waals surface area (Å²) < 4.78 is 2.23. The van der Waals surface area contributed by atoms with E-state index in [2.05, 4.69) is 52.8 Å². The predicted octanol–water partition coefficient (Wildman–Crippen LogP) is 2.88. The highest BCUT2D eigenvalue weighted by Crippen LogP contribution is 2.15. The van der Waals surface area contributed by atoms with Gasteiger partial charge in [0.2, 0.25) is 0 Å². The van der Waals surface area contributed by atoms with Crippen LogP contribution < -0.4 is 5.32 Å². The lowest BCUT2D eigenvalue weighted by Crippen LogP contribution is -2.11. The standard InChI is InChI=1S/C12H16N2S/c1-10(13-2)11-5-6-14(8-11)9-12-4-3-7-15-12/h3-8,10,13H,9H2,1-2H3. The SMILES string of the molecule is CNC(C)c1ccn(Cc2cccs2)c1. The molecule has 2 heterocycles. The Morgan fingerprint density at radius 3 is 3.00 bits per heavy atom. The third-order valence-electron chi connectivity index (χ3n) is 2.62. The number of nitrogens with one attached hydrogen (secondary N) is 1. The molecule has 0 radical (unpaired) electrons. The molecule has 0 aromatic carbocycles. The Bertz CT molecular complexity index is 403. The van der Waals surface area contributed by atoms with E-state index in [0.717, 1.165) is 6.54 Å². The van der Waals surface area contributed by atoms with Crippen molar-refractivity contribution in [1.82, 2.24) is 9.88 Å². The van der Waals surface area contributed by atoms with Crippen molar-refractivity contribution in [2.24, 2.45) is 0 Å². The van der Waals surface area contributed by atoms with Gasteiger partial charge < -0.3 is 9.88 Å². The van der Waals surface area contributed by atoms with Crippen molar-refractivity contribution in [3.63, 3.8) is 0 Å². The third kappa shape index (κ3) is 2.49. The maximum atomic E-state index is 3.24. The second-order valence-corrected chi connectivity index (χ2v) is 4.74. The minimum Gasteiger partial charge on any atom is -0.349 e. The molecule has 0 saturated carbocycles. The van der Waals surface area contributed by atoms with Crippen LogP contribution in [0.1, 0.15) is 23.4 Å². The minimum atomic E-state index is 0.426. The van der Waals surface area contributed by atoms with Crippen LogP contribution >= 0.6 is 11.3 Å². The van der Waals surface area contributed by atoms with Crippen LogP contribution in [0, 0.1) is 0 Å². The molecule has 0 bridgehead atoms. The third-order valence-corrected chi connectivity index (χ3v) is 3.49. The molecule has 2 rings (SSSR count). The Balaban J connectivity index is 2.07. The number of hydrogen-bond acceptors (Lipinski definition) is 2. The summed E-state index contributed by atoms with van der Waals surface area (Å²) in [5.41, 5.74) is 1.34. The van der Waals surface area contributed by atoms with Crippen LogP contribution in [0.25, 0.3) is 0 Å². The molecule has 1 atom stereocenters. The van der Waals surface area contributed by atoms with Gasteiger partial charge >= 0.3 is 0 Å². The molecular weight excluding hydrogens is 204 g/mol. The van der Waals surface area contributed by atoms with Crippen LogP contribution in [0.15, 0.2) is 36.0 Å². The van der Waals surface area contributed by atoms with Gasteiger partial charge in [-0.3, -0.25) is 0 Å². The highest BCUT2D eigenvalue weighted by Gasteiger charge is 2.04. The lowest BCUT2D eigenvalue weighted by Gasteiger charge is -2.06. The van der Waals surface area contributed by atoms with Gasteiger partial charge in [0.05, 0.1) is 6.54 Å². The Morgan fingerprint density at radius 1 is 1.47 bits per heavy atom. The fraction of sp³-hybridized carbons (Fsp3) is 0.333. The van der Waals surface area contributed by atoms with Crippen molar-refractivity contribution in [3.05, 3.63) is 46.4 Å². The molecule has 1 N–H and O–H groups in total. The molecule has 0 fully saturated rings. The van der Waals surface area contributed by atoms with E-state index < -0.39 is 0 Å². The number of aromatic nitrogens is 1. The second-order valence-electron chi connectivity index (χ2n) is 3.71. The van der Waals surface area contributed by atoms with E-state index in [1.807, 2.05) is 7.05 Å². The van der Waals surface area contributed by atoms with Crippen molar-refractivity contribution in [2.75, 3.05) is 7.05 Å². The molecule has 0 saturated heterocycles. The summed E-state index contributed by atoms with van der Waals surface area (Å²) in [6.07, 6.45) is 4.35. The van der Waals surface area contributed by atoms with E-state index in [1.165, 1.54) is 10.4 Å². The van der Waals surface area contributed by atoms with Gasteiger partial charge in [-0.05, 0) is 37.0 Å². The summed E-state index contributed by atoms with van der Waals surface area (Å²) in [7, 11) is 1.99.